The van der Waals surface area contributed by atoms with Gasteiger partial charge in [-0.05, 0) is 18.2 Å². The third kappa shape index (κ3) is 2.04. The van der Waals surface area contributed by atoms with E-state index >= 15 is 0 Å². The molecular weight excluding hydrogens is 222 g/mol. The van der Waals surface area contributed by atoms with Crippen LogP contribution in [0.25, 0.3) is 0 Å². The first-order valence-electron chi connectivity index (χ1n) is 4.77. The van der Waals surface area contributed by atoms with E-state index in [1.165, 1.54) is 0 Å². The van der Waals surface area contributed by atoms with Crippen molar-refractivity contribution >= 4 is 17.3 Å². The molecule has 0 amide bonds. The zero-order valence-corrected chi connectivity index (χ0v) is 9.22. The lowest BCUT2D eigenvalue weighted by Gasteiger charge is -2.06. The van der Waals surface area contributed by atoms with Crippen LogP contribution in [0, 0.1) is 0 Å². The van der Waals surface area contributed by atoms with Gasteiger partial charge in [0, 0.05) is 11.8 Å². The van der Waals surface area contributed by atoms with Crippen LogP contribution >= 0.6 is 11.6 Å². The standard InChI is InChI=1S/C12H10ClN3/c13-10-6-2-1-5-9(10)12(16-14)11-7-3-4-8-15-11/h1-8H,14H2. The second-order valence-corrected chi connectivity index (χ2v) is 3.58. The van der Waals surface area contributed by atoms with Crippen molar-refractivity contribution in [3.05, 3.63) is 64.9 Å². The first-order chi connectivity index (χ1) is 7.83. The summed E-state index contributed by atoms with van der Waals surface area (Å²) in [6.07, 6.45) is 1.69. The Morgan fingerprint density at radius 1 is 1.12 bits per heavy atom. The molecule has 1 heterocycles. The van der Waals surface area contributed by atoms with E-state index in [4.69, 9.17) is 17.4 Å². The summed E-state index contributed by atoms with van der Waals surface area (Å²) in [5, 5.41) is 4.37. The molecule has 0 aliphatic carbocycles. The number of rotatable bonds is 2. The van der Waals surface area contributed by atoms with Crippen LogP contribution in [0.3, 0.4) is 0 Å². The number of halogens is 1. The molecule has 1 aromatic heterocycles. The maximum Gasteiger partial charge on any atom is 0.117 e. The van der Waals surface area contributed by atoms with Gasteiger partial charge in [-0.25, -0.2) is 0 Å². The van der Waals surface area contributed by atoms with Gasteiger partial charge in [-0.3, -0.25) is 4.98 Å². The lowest BCUT2D eigenvalue weighted by molar-refractivity contribution is 1.21. The summed E-state index contributed by atoms with van der Waals surface area (Å²) in [4.78, 5) is 4.20. The van der Waals surface area contributed by atoms with Crippen molar-refractivity contribution in [1.29, 1.82) is 0 Å². The Bertz CT molecular complexity index is 509. The third-order valence-corrected chi connectivity index (χ3v) is 2.50. The van der Waals surface area contributed by atoms with Crippen LogP contribution in [-0.4, -0.2) is 10.7 Å². The summed E-state index contributed by atoms with van der Waals surface area (Å²) >= 11 is 6.08. The smallest absolute Gasteiger partial charge is 0.117 e. The number of hydrogen-bond donors (Lipinski definition) is 1. The highest BCUT2D eigenvalue weighted by molar-refractivity contribution is 6.35. The molecule has 2 N–H and O–H groups in total. The van der Waals surface area contributed by atoms with Crippen molar-refractivity contribution in [1.82, 2.24) is 4.98 Å². The van der Waals surface area contributed by atoms with Gasteiger partial charge < -0.3 is 5.84 Å². The van der Waals surface area contributed by atoms with Crippen LogP contribution in [0.2, 0.25) is 5.02 Å². The minimum atomic E-state index is 0.589. The van der Waals surface area contributed by atoms with E-state index in [9.17, 15) is 0 Å². The highest BCUT2D eigenvalue weighted by atomic mass is 35.5. The lowest BCUT2D eigenvalue weighted by atomic mass is 10.1. The van der Waals surface area contributed by atoms with Gasteiger partial charge in [0.2, 0.25) is 0 Å². The van der Waals surface area contributed by atoms with Gasteiger partial charge >= 0.3 is 0 Å². The number of nitrogens with zero attached hydrogens (tertiary/aromatic N) is 2. The van der Waals surface area contributed by atoms with Gasteiger partial charge in [-0.15, -0.1) is 0 Å². The van der Waals surface area contributed by atoms with Crippen LogP contribution < -0.4 is 5.84 Å². The zero-order chi connectivity index (χ0) is 11.4. The third-order valence-electron chi connectivity index (χ3n) is 2.17. The summed E-state index contributed by atoms with van der Waals surface area (Å²) in [5.41, 5.74) is 2.08. The maximum absolute atomic E-state index is 6.08. The number of nitrogens with two attached hydrogens (primary N) is 1. The normalized spacial score (nSPS) is 11.4. The highest BCUT2D eigenvalue weighted by Crippen LogP contribution is 2.18. The fourth-order valence-electron chi connectivity index (χ4n) is 1.43. The molecule has 1 aromatic carbocycles. The zero-order valence-electron chi connectivity index (χ0n) is 8.47. The van der Waals surface area contributed by atoms with Crippen molar-refractivity contribution < 1.29 is 0 Å². The molecule has 2 rings (SSSR count). The average Bonchev–Trinajstić information content (AvgIpc) is 2.34. The number of hydrogen-bond acceptors (Lipinski definition) is 3. The molecule has 0 aliphatic heterocycles. The predicted molar refractivity (Wildman–Crippen MR) is 65.5 cm³/mol. The summed E-state index contributed by atoms with van der Waals surface area (Å²) in [7, 11) is 0. The average molecular weight is 232 g/mol. The summed E-state index contributed by atoms with van der Waals surface area (Å²) in [6, 6.07) is 13.0. The first kappa shape index (κ1) is 10.6. The topological polar surface area (TPSA) is 51.3 Å². The van der Waals surface area contributed by atoms with Crippen molar-refractivity contribution in [2.45, 2.75) is 0 Å². The fourth-order valence-corrected chi connectivity index (χ4v) is 1.65. The molecule has 0 saturated heterocycles. The molecule has 0 spiro atoms. The molecule has 3 nitrogen and oxygen atoms in total. The molecular formula is C12H10ClN3. The van der Waals surface area contributed by atoms with Gasteiger partial charge in [0.25, 0.3) is 0 Å². The number of benzene rings is 1. The van der Waals surface area contributed by atoms with Crippen molar-refractivity contribution in [3.63, 3.8) is 0 Å². The molecule has 0 radical (unpaired) electrons. The van der Waals surface area contributed by atoms with Crippen LogP contribution in [-0.2, 0) is 0 Å². The van der Waals surface area contributed by atoms with Crippen LogP contribution in [0.15, 0.2) is 53.8 Å². The SMILES string of the molecule is NN=C(c1ccccn1)c1ccccc1Cl. The Labute approximate surface area is 98.6 Å². The van der Waals surface area contributed by atoms with E-state index in [0.29, 0.717) is 16.4 Å². The van der Waals surface area contributed by atoms with Gasteiger partial charge in [0.1, 0.15) is 5.71 Å². The second-order valence-electron chi connectivity index (χ2n) is 3.17. The van der Waals surface area contributed by atoms with E-state index in [1.807, 2.05) is 36.4 Å². The van der Waals surface area contributed by atoms with E-state index in [0.717, 1.165) is 5.56 Å². The van der Waals surface area contributed by atoms with Gasteiger partial charge in [-0.2, -0.15) is 5.10 Å². The molecule has 0 unspecified atom stereocenters. The first-order valence-corrected chi connectivity index (χ1v) is 5.15. The Kier molecular flexibility index (Phi) is 3.17. The Morgan fingerprint density at radius 3 is 2.50 bits per heavy atom. The van der Waals surface area contributed by atoms with Crippen molar-refractivity contribution in [3.8, 4) is 0 Å². The van der Waals surface area contributed by atoms with Crippen LogP contribution in [0.1, 0.15) is 11.3 Å². The van der Waals surface area contributed by atoms with Crippen molar-refractivity contribution in [2.24, 2.45) is 10.9 Å². The number of hydrazone groups is 1. The quantitative estimate of drug-likeness (QED) is 0.490. The molecule has 2 aromatic rings. The molecule has 4 heteroatoms. The monoisotopic (exact) mass is 231 g/mol. The minimum Gasteiger partial charge on any atom is -0.323 e. The summed E-state index contributed by atoms with van der Waals surface area (Å²) in [5.74, 6) is 5.40. The lowest BCUT2D eigenvalue weighted by Crippen LogP contribution is -2.08. The molecule has 0 fully saturated rings. The van der Waals surface area contributed by atoms with Gasteiger partial charge in [0.05, 0.1) is 10.7 Å². The molecule has 0 saturated carbocycles. The fraction of sp³-hybridized carbons (Fsp3) is 0. The maximum atomic E-state index is 6.08. The van der Waals surface area contributed by atoms with E-state index < -0.39 is 0 Å². The molecule has 0 bridgehead atoms. The van der Waals surface area contributed by atoms with E-state index in [2.05, 4.69) is 10.1 Å². The Morgan fingerprint density at radius 2 is 1.88 bits per heavy atom. The molecule has 0 aliphatic rings. The van der Waals surface area contributed by atoms with Crippen LogP contribution in [0.5, 0.6) is 0 Å². The predicted octanol–water partition coefficient (Wildman–Crippen LogP) is 2.45. The number of pyridine rings is 1. The van der Waals surface area contributed by atoms with Crippen molar-refractivity contribution in [2.75, 3.05) is 0 Å². The molecule has 80 valence electrons. The highest BCUT2D eigenvalue weighted by Gasteiger charge is 2.10. The summed E-state index contributed by atoms with van der Waals surface area (Å²) < 4.78 is 0. The largest absolute Gasteiger partial charge is 0.323 e. The van der Waals surface area contributed by atoms with Gasteiger partial charge in [0.15, 0.2) is 0 Å². The second kappa shape index (κ2) is 4.77. The van der Waals surface area contributed by atoms with E-state index in [-0.39, 0.29) is 0 Å². The molecule has 0 atom stereocenters. The Balaban J connectivity index is 2.51. The minimum absolute atomic E-state index is 0.589. The summed E-state index contributed by atoms with van der Waals surface area (Å²) in [6.45, 7) is 0. The van der Waals surface area contributed by atoms with E-state index in [1.54, 1.807) is 12.3 Å². The molecule has 16 heavy (non-hydrogen) atoms. The van der Waals surface area contributed by atoms with Gasteiger partial charge in [-0.1, -0.05) is 35.9 Å². The van der Waals surface area contributed by atoms with Crippen LogP contribution in [0.4, 0.5) is 0 Å². The number of aromatic nitrogens is 1. The Hall–Kier alpha value is -1.87.